The van der Waals surface area contributed by atoms with Crippen LogP contribution < -0.4 is 4.72 Å². The number of anilines is 1. The Balaban J connectivity index is 2.00. The monoisotopic (exact) mass is 300 g/mol. The van der Waals surface area contributed by atoms with Crippen LogP contribution in [-0.4, -0.2) is 23.2 Å². The van der Waals surface area contributed by atoms with Gasteiger partial charge in [0.1, 0.15) is 0 Å². The second-order valence-electron chi connectivity index (χ2n) is 4.24. The van der Waals surface area contributed by atoms with Crippen LogP contribution >= 0.6 is 0 Å². The first-order chi connectivity index (χ1) is 10.2. The Kier molecular flexibility index (Phi) is 3.41. The summed E-state index contributed by atoms with van der Waals surface area (Å²) >= 11 is 0. The maximum absolute atomic E-state index is 12.4. The molecule has 6 nitrogen and oxygen atoms in total. The van der Waals surface area contributed by atoms with E-state index < -0.39 is 10.0 Å². The lowest BCUT2D eigenvalue weighted by Gasteiger charge is -2.11. The third kappa shape index (κ3) is 2.77. The third-order valence-electron chi connectivity index (χ3n) is 2.81. The number of nitrogens with one attached hydrogen (secondary N) is 1. The topological polar surface area (TPSA) is 76.9 Å². The van der Waals surface area contributed by atoms with Gasteiger partial charge in [0.25, 0.3) is 10.0 Å². The minimum Gasteiger partial charge on any atom is -0.276 e. The van der Waals surface area contributed by atoms with E-state index in [1.807, 2.05) is 0 Å². The van der Waals surface area contributed by atoms with Gasteiger partial charge in [-0.1, -0.05) is 18.2 Å². The number of hydrogen-bond acceptors (Lipinski definition) is 4. The smallest absolute Gasteiger partial charge is 0.262 e. The van der Waals surface area contributed by atoms with E-state index in [0.717, 1.165) is 0 Å². The van der Waals surface area contributed by atoms with Gasteiger partial charge < -0.3 is 0 Å². The molecule has 1 N–H and O–H groups in total. The molecule has 3 rings (SSSR count). The summed E-state index contributed by atoms with van der Waals surface area (Å²) in [4.78, 5) is 4.37. The van der Waals surface area contributed by atoms with Crippen molar-refractivity contribution in [1.82, 2.24) is 14.8 Å². The lowest BCUT2D eigenvalue weighted by atomic mass is 10.4. The van der Waals surface area contributed by atoms with E-state index in [2.05, 4.69) is 14.8 Å². The van der Waals surface area contributed by atoms with Crippen LogP contribution in [0.1, 0.15) is 0 Å². The SMILES string of the molecule is O=S(=O)(Nc1cccnc1-n1cccn1)c1ccccc1. The molecule has 0 saturated heterocycles. The Hall–Kier alpha value is -2.67. The lowest BCUT2D eigenvalue weighted by Crippen LogP contribution is -2.15. The van der Waals surface area contributed by atoms with Gasteiger partial charge in [0.15, 0.2) is 5.82 Å². The van der Waals surface area contributed by atoms with Gasteiger partial charge in [-0.3, -0.25) is 4.72 Å². The van der Waals surface area contributed by atoms with Crippen molar-refractivity contribution in [3.8, 4) is 5.82 Å². The van der Waals surface area contributed by atoms with Crippen LogP contribution in [0.15, 0.2) is 72.0 Å². The van der Waals surface area contributed by atoms with Crippen molar-refractivity contribution < 1.29 is 8.42 Å². The Bertz CT molecular complexity index is 830. The molecule has 2 heterocycles. The fourth-order valence-corrected chi connectivity index (χ4v) is 2.94. The van der Waals surface area contributed by atoms with Gasteiger partial charge in [-0.2, -0.15) is 5.10 Å². The molecule has 0 fully saturated rings. The summed E-state index contributed by atoms with van der Waals surface area (Å²) in [5, 5.41) is 4.07. The zero-order valence-electron chi connectivity index (χ0n) is 10.9. The maximum atomic E-state index is 12.4. The average Bonchev–Trinajstić information content (AvgIpc) is 3.02. The van der Waals surface area contributed by atoms with Crippen molar-refractivity contribution in [3.63, 3.8) is 0 Å². The molecular formula is C14H12N4O2S. The Labute approximate surface area is 122 Å². The molecule has 0 saturated carbocycles. The largest absolute Gasteiger partial charge is 0.276 e. The number of benzene rings is 1. The van der Waals surface area contributed by atoms with E-state index >= 15 is 0 Å². The van der Waals surface area contributed by atoms with Crippen molar-refractivity contribution in [2.45, 2.75) is 4.90 Å². The predicted octanol–water partition coefficient (Wildman–Crippen LogP) is 2.07. The van der Waals surface area contributed by atoms with Gasteiger partial charge in [0.05, 0.1) is 10.6 Å². The molecule has 0 atom stereocenters. The number of hydrogen-bond donors (Lipinski definition) is 1. The molecule has 0 unspecified atom stereocenters. The normalized spacial score (nSPS) is 11.2. The van der Waals surface area contributed by atoms with Gasteiger partial charge in [-0.15, -0.1) is 0 Å². The fraction of sp³-hybridized carbons (Fsp3) is 0. The van der Waals surface area contributed by atoms with E-state index in [0.29, 0.717) is 11.5 Å². The highest BCUT2D eigenvalue weighted by atomic mass is 32.2. The molecule has 21 heavy (non-hydrogen) atoms. The van der Waals surface area contributed by atoms with Crippen LogP contribution in [0.25, 0.3) is 5.82 Å². The van der Waals surface area contributed by atoms with Crippen LogP contribution in [0.4, 0.5) is 5.69 Å². The molecule has 0 spiro atoms. The summed E-state index contributed by atoms with van der Waals surface area (Å²) < 4.78 is 28.8. The first-order valence-electron chi connectivity index (χ1n) is 6.20. The maximum Gasteiger partial charge on any atom is 0.262 e. The summed E-state index contributed by atoms with van der Waals surface area (Å²) in [6.45, 7) is 0. The van der Waals surface area contributed by atoms with Crippen LogP contribution in [0, 0.1) is 0 Å². The van der Waals surface area contributed by atoms with Gasteiger partial charge in [-0.25, -0.2) is 18.1 Å². The lowest BCUT2D eigenvalue weighted by molar-refractivity contribution is 0.601. The van der Waals surface area contributed by atoms with Crippen molar-refractivity contribution >= 4 is 15.7 Å². The molecular weight excluding hydrogens is 288 g/mol. The highest BCUT2D eigenvalue weighted by Gasteiger charge is 2.16. The number of rotatable bonds is 4. The Morgan fingerprint density at radius 2 is 1.76 bits per heavy atom. The molecule has 0 radical (unpaired) electrons. The van der Waals surface area contributed by atoms with Crippen LogP contribution in [0.3, 0.4) is 0 Å². The molecule has 1 aromatic carbocycles. The molecule has 2 aromatic heterocycles. The van der Waals surface area contributed by atoms with E-state index in [9.17, 15) is 8.42 Å². The molecule has 7 heteroatoms. The van der Waals surface area contributed by atoms with Crippen LogP contribution in [-0.2, 0) is 10.0 Å². The highest BCUT2D eigenvalue weighted by molar-refractivity contribution is 7.92. The molecule has 0 aliphatic carbocycles. The number of pyridine rings is 1. The predicted molar refractivity (Wildman–Crippen MR) is 78.6 cm³/mol. The van der Waals surface area contributed by atoms with Crippen molar-refractivity contribution in [1.29, 1.82) is 0 Å². The molecule has 0 aliphatic heterocycles. The number of sulfonamides is 1. The number of nitrogens with zero attached hydrogens (tertiary/aromatic N) is 3. The molecule has 0 aliphatic rings. The summed E-state index contributed by atoms with van der Waals surface area (Å²) in [6.07, 6.45) is 4.88. The van der Waals surface area contributed by atoms with Crippen molar-refractivity contribution in [2.75, 3.05) is 4.72 Å². The molecule has 0 amide bonds. The highest BCUT2D eigenvalue weighted by Crippen LogP contribution is 2.20. The van der Waals surface area contributed by atoms with Crippen molar-refractivity contribution in [3.05, 3.63) is 67.1 Å². The number of aromatic nitrogens is 3. The average molecular weight is 300 g/mol. The zero-order valence-corrected chi connectivity index (χ0v) is 11.7. The minimum absolute atomic E-state index is 0.195. The van der Waals surface area contributed by atoms with Crippen LogP contribution in [0.2, 0.25) is 0 Å². The standard InChI is InChI=1S/C14H12N4O2S/c19-21(20,12-6-2-1-3-7-12)17-13-8-4-9-15-14(13)18-11-5-10-16-18/h1-11,17H. The van der Waals surface area contributed by atoms with Gasteiger partial charge in [0, 0.05) is 18.6 Å². The first kappa shape index (κ1) is 13.3. The third-order valence-corrected chi connectivity index (χ3v) is 4.19. The Morgan fingerprint density at radius 3 is 2.48 bits per heavy atom. The van der Waals surface area contributed by atoms with E-state index in [1.54, 1.807) is 55.0 Å². The quantitative estimate of drug-likeness (QED) is 0.800. The summed E-state index contributed by atoms with van der Waals surface area (Å²) in [7, 11) is -3.66. The fourth-order valence-electron chi connectivity index (χ4n) is 1.86. The van der Waals surface area contributed by atoms with Gasteiger partial charge >= 0.3 is 0 Å². The summed E-state index contributed by atoms with van der Waals surface area (Å²) in [6, 6.07) is 13.2. The summed E-state index contributed by atoms with van der Waals surface area (Å²) in [5.74, 6) is 0.419. The van der Waals surface area contributed by atoms with Gasteiger partial charge in [0.2, 0.25) is 0 Å². The van der Waals surface area contributed by atoms with Gasteiger partial charge in [-0.05, 0) is 30.3 Å². The molecule has 3 aromatic rings. The zero-order chi connectivity index (χ0) is 14.7. The minimum atomic E-state index is -3.66. The first-order valence-corrected chi connectivity index (χ1v) is 7.68. The van der Waals surface area contributed by atoms with E-state index in [4.69, 9.17) is 0 Å². The van der Waals surface area contributed by atoms with Crippen LogP contribution in [0.5, 0.6) is 0 Å². The Morgan fingerprint density at radius 1 is 0.952 bits per heavy atom. The summed E-state index contributed by atoms with van der Waals surface area (Å²) in [5.41, 5.74) is 0.366. The second kappa shape index (κ2) is 5.37. The van der Waals surface area contributed by atoms with E-state index in [1.165, 1.54) is 16.8 Å². The molecule has 0 bridgehead atoms. The molecule has 106 valence electrons. The van der Waals surface area contributed by atoms with E-state index in [-0.39, 0.29) is 4.90 Å². The van der Waals surface area contributed by atoms with Crippen molar-refractivity contribution in [2.24, 2.45) is 0 Å². The second-order valence-corrected chi connectivity index (χ2v) is 5.93.